The normalized spacial score (nSPS) is 27.6. The summed E-state index contributed by atoms with van der Waals surface area (Å²) in [6.45, 7) is 11.5. The third-order valence-electron chi connectivity index (χ3n) is 4.10. The standard InChI is InChI=1S/C15H27N3O3/c1-11-12(16-5-10-21-11)13(19)17-6-8-18(9-7-17)14(20)15(2,3)4/h11-12,16H,5-10H2,1-4H3/t11-,12+/m1/s1. The van der Waals surface area contributed by atoms with Gasteiger partial charge in [-0.2, -0.15) is 0 Å². The van der Waals surface area contributed by atoms with E-state index >= 15 is 0 Å². The quantitative estimate of drug-likeness (QED) is 0.744. The van der Waals surface area contributed by atoms with Gasteiger partial charge in [-0.3, -0.25) is 9.59 Å². The van der Waals surface area contributed by atoms with E-state index in [9.17, 15) is 9.59 Å². The van der Waals surface area contributed by atoms with E-state index in [1.165, 1.54) is 0 Å². The molecule has 0 aromatic carbocycles. The Bertz CT molecular complexity index is 397. The fourth-order valence-electron chi connectivity index (χ4n) is 2.81. The van der Waals surface area contributed by atoms with Gasteiger partial charge in [0.25, 0.3) is 0 Å². The van der Waals surface area contributed by atoms with Gasteiger partial charge in [-0.05, 0) is 6.92 Å². The Morgan fingerprint density at radius 3 is 2.19 bits per heavy atom. The maximum absolute atomic E-state index is 12.5. The molecule has 2 rings (SSSR count). The van der Waals surface area contributed by atoms with Crippen molar-refractivity contribution in [2.75, 3.05) is 39.3 Å². The maximum atomic E-state index is 12.5. The van der Waals surface area contributed by atoms with Gasteiger partial charge in [-0.25, -0.2) is 0 Å². The minimum Gasteiger partial charge on any atom is -0.375 e. The van der Waals surface area contributed by atoms with Gasteiger partial charge >= 0.3 is 0 Å². The molecule has 120 valence electrons. The Balaban J connectivity index is 1.89. The van der Waals surface area contributed by atoms with Crippen molar-refractivity contribution < 1.29 is 14.3 Å². The van der Waals surface area contributed by atoms with E-state index in [-0.39, 0.29) is 29.4 Å². The van der Waals surface area contributed by atoms with Gasteiger partial charge in [0.05, 0.1) is 12.7 Å². The number of nitrogens with one attached hydrogen (secondary N) is 1. The van der Waals surface area contributed by atoms with Crippen LogP contribution in [0.1, 0.15) is 27.7 Å². The summed E-state index contributed by atoms with van der Waals surface area (Å²) in [4.78, 5) is 28.5. The van der Waals surface area contributed by atoms with Crippen molar-refractivity contribution in [1.29, 1.82) is 0 Å². The van der Waals surface area contributed by atoms with Crippen LogP contribution in [0.25, 0.3) is 0 Å². The first-order chi connectivity index (χ1) is 9.80. The Morgan fingerprint density at radius 2 is 1.67 bits per heavy atom. The number of ether oxygens (including phenoxy) is 1. The zero-order chi connectivity index (χ0) is 15.6. The third-order valence-corrected chi connectivity index (χ3v) is 4.10. The predicted octanol–water partition coefficient (Wildman–Crippen LogP) is 0.0802. The molecule has 2 amide bonds. The summed E-state index contributed by atoms with van der Waals surface area (Å²) < 4.78 is 5.53. The molecule has 6 nitrogen and oxygen atoms in total. The van der Waals surface area contributed by atoms with Crippen LogP contribution in [0.5, 0.6) is 0 Å². The van der Waals surface area contributed by atoms with Crippen LogP contribution in [0.15, 0.2) is 0 Å². The molecular formula is C15H27N3O3. The van der Waals surface area contributed by atoms with E-state index in [0.717, 1.165) is 0 Å². The lowest BCUT2D eigenvalue weighted by atomic mass is 9.94. The van der Waals surface area contributed by atoms with Gasteiger partial charge in [0, 0.05) is 38.1 Å². The molecule has 0 aliphatic carbocycles. The number of hydrogen-bond donors (Lipinski definition) is 1. The van der Waals surface area contributed by atoms with Crippen LogP contribution in [0.3, 0.4) is 0 Å². The first kappa shape index (κ1) is 16.2. The first-order valence-corrected chi connectivity index (χ1v) is 7.74. The highest BCUT2D eigenvalue weighted by atomic mass is 16.5. The Morgan fingerprint density at radius 1 is 1.10 bits per heavy atom. The van der Waals surface area contributed by atoms with E-state index in [4.69, 9.17) is 4.74 Å². The van der Waals surface area contributed by atoms with E-state index in [1.54, 1.807) is 0 Å². The fraction of sp³-hybridized carbons (Fsp3) is 0.867. The number of rotatable bonds is 1. The number of morpholine rings is 1. The van der Waals surface area contributed by atoms with Crippen molar-refractivity contribution >= 4 is 11.8 Å². The average molecular weight is 297 g/mol. The van der Waals surface area contributed by atoms with Crippen molar-refractivity contribution in [3.63, 3.8) is 0 Å². The van der Waals surface area contributed by atoms with Crippen molar-refractivity contribution in [2.24, 2.45) is 5.41 Å². The molecule has 0 radical (unpaired) electrons. The molecule has 21 heavy (non-hydrogen) atoms. The van der Waals surface area contributed by atoms with Crippen LogP contribution in [0, 0.1) is 5.41 Å². The Kier molecular flexibility index (Phi) is 4.88. The first-order valence-electron chi connectivity index (χ1n) is 7.74. The van der Waals surface area contributed by atoms with Crippen molar-refractivity contribution in [1.82, 2.24) is 15.1 Å². The SMILES string of the molecule is C[C@H]1OCCN[C@@H]1C(=O)N1CCN(C(=O)C(C)(C)C)CC1. The smallest absolute Gasteiger partial charge is 0.242 e. The highest BCUT2D eigenvalue weighted by Gasteiger charge is 2.35. The zero-order valence-corrected chi connectivity index (χ0v) is 13.5. The summed E-state index contributed by atoms with van der Waals surface area (Å²) in [5.74, 6) is 0.243. The minimum atomic E-state index is -0.362. The van der Waals surface area contributed by atoms with Gasteiger partial charge in [0.15, 0.2) is 0 Å². The van der Waals surface area contributed by atoms with Crippen molar-refractivity contribution in [2.45, 2.75) is 39.8 Å². The number of carbonyl (C=O) groups excluding carboxylic acids is 2. The van der Waals surface area contributed by atoms with E-state index in [1.807, 2.05) is 37.5 Å². The molecule has 0 unspecified atom stereocenters. The summed E-state index contributed by atoms with van der Waals surface area (Å²) in [6, 6.07) is -0.261. The maximum Gasteiger partial charge on any atom is 0.242 e. The average Bonchev–Trinajstić information content (AvgIpc) is 2.45. The van der Waals surface area contributed by atoms with Crippen LogP contribution < -0.4 is 5.32 Å². The third kappa shape index (κ3) is 3.74. The van der Waals surface area contributed by atoms with Crippen molar-refractivity contribution in [3.05, 3.63) is 0 Å². The molecule has 0 aromatic rings. The summed E-state index contributed by atoms with van der Waals surface area (Å²) >= 11 is 0. The van der Waals surface area contributed by atoms with Crippen LogP contribution in [-0.4, -0.2) is 73.1 Å². The Labute approximate surface area is 126 Å². The molecular weight excluding hydrogens is 270 g/mol. The molecule has 2 aliphatic rings. The number of piperazine rings is 1. The van der Waals surface area contributed by atoms with Gasteiger partial charge in [-0.15, -0.1) is 0 Å². The highest BCUT2D eigenvalue weighted by molar-refractivity contribution is 5.84. The molecule has 2 atom stereocenters. The second kappa shape index (κ2) is 6.32. The van der Waals surface area contributed by atoms with E-state index in [0.29, 0.717) is 39.3 Å². The van der Waals surface area contributed by atoms with Gasteiger partial charge in [0.2, 0.25) is 11.8 Å². The van der Waals surface area contributed by atoms with Gasteiger partial charge in [0.1, 0.15) is 6.04 Å². The number of carbonyl (C=O) groups is 2. The summed E-state index contributed by atoms with van der Waals surface area (Å²) in [6.07, 6.45) is -0.0968. The molecule has 1 N–H and O–H groups in total. The van der Waals surface area contributed by atoms with Crippen LogP contribution in [0.4, 0.5) is 0 Å². The fourth-order valence-corrected chi connectivity index (χ4v) is 2.81. The van der Waals surface area contributed by atoms with E-state index < -0.39 is 0 Å². The second-order valence-corrected chi connectivity index (χ2v) is 6.88. The van der Waals surface area contributed by atoms with Gasteiger partial charge in [-0.1, -0.05) is 20.8 Å². The van der Waals surface area contributed by atoms with Crippen LogP contribution in [-0.2, 0) is 14.3 Å². The second-order valence-electron chi connectivity index (χ2n) is 6.88. The highest BCUT2D eigenvalue weighted by Crippen LogP contribution is 2.19. The van der Waals surface area contributed by atoms with Crippen LogP contribution in [0.2, 0.25) is 0 Å². The topological polar surface area (TPSA) is 61.9 Å². The van der Waals surface area contributed by atoms with Crippen molar-refractivity contribution in [3.8, 4) is 0 Å². The lowest BCUT2D eigenvalue weighted by molar-refractivity contribution is -0.148. The molecule has 0 bridgehead atoms. The van der Waals surface area contributed by atoms with Crippen LogP contribution >= 0.6 is 0 Å². The predicted molar refractivity (Wildman–Crippen MR) is 79.8 cm³/mol. The monoisotopic (exact) mass is 297 g/mol. The Hall–Kier alpha value is -1.14. The zero-order valence-electron chi connectivity index (χ0n) is 13.5. The lowest BCUT2D eigenvalue weighted by Gasteiger charge is -2.40. The molecule has 2 fully saturated rings. The number of hydrogen-bond acceptors (Lipinski definition) is 4. The molecule has 2 aliphatic heterocycles. The molecule has 6 heteroatoms. The van der Waals surface area contributed by atoms with E-state index in [2.05, 4.69) is 5.32 Å². The molecule has 2 heterocycles. The minimum absolute atomic E-state index is 0.0880. The molecule has 0 aromatic heterocycles. The number of amides is 2. The lowest BCUT2D eigenvalue weighted by Crippen LogP contribution is -2.60. The molecule has 2 saturated heterocycles. The largest absolute Gasteiger partial charge is 0.375 e. The summed E-state index contributed by atoms with van der Waals surface area (Å²) in [7, 11) is 0. The number of nitrogens with zero attached hydrogens (tertiary/aromatic N) is 2. The molecule has 0 saturated carbocycles. The summed E-state index contributed by atoms with van der Waals surface area (Å²) in [5, 5.41) is 3.23. The molecule has 0 spiro atoms. The summed E-state index contributed by atoms with van der Waals surface area (Å²) in [5.41, 5.74) is -0.362. The van der Waals surface area contributed by atoms with Gasteiger partial charge < -0.3 is 19.9 Å².